The smallest absolute Gasteiger partial charge is 0.408 e. The molecule has 1 aromatic carbocycles. The Morgan fingerprint density at radius 3 is 2.32 bits per heavy atom. The highest BCUT2D eigenvalue weighted by Gasteiger charge is 2.29. The lowest BCUT2D eigenvalue weighted by atomic mass is 10.1. The van der Waals surface area contributed by atoms with Crippen molar-refractivity contribution in [1.29, 1.82) is 0 Å². The van der Waals surface area contributed by atoms with E-state index in [0.717, 1.165) is 5.56 Å². The SMILES string of the molecule is C[C@H](OCc1ccccc1)[C@H](NC(=O)OC(C)(C)C)C(=O)O. The first-order chi connectivity index (χ1) is 10.2. The summed E-state index contributed by atoms with van der Waals surface area (Å²) >= 11 is 0. The molecule has 6 nitrogen and oxygen atoms in total. The fourth-order valence-corrected chi connectivity index (χ4v) is 1.71. The van der Waals surface area contributed by atoms with Crippen molar-refractivity contribution in [2.75, 3.05) is 0 Å². The summed E-state index contributed by atoms with van der Waals surface area (Å²) in [5.41, 5.74) is 0.233. The molecule has 0 bridgehead atoms. The molecule has 0 heterocycles. The third-order valence-corrected chi connectivity index (χ3v) is 2.76. The number of hydrogen-bond acceptors (Lipinski definition) is 4. The van der Waals surface area contributed by atoms with Gasteiger partial charge in [-0.3, -0.25) is 0 Å². The number of carboxylic acid groups (broad SMARTS) is 1. The Morgan fingerprint density at radius 2 is 1.82 bits per heavy atom. The van der Waals surface area contributed by atoms with Crippen molar-refractivity contribution in [1.82, 2.24) is 5.32 Å². The van der Waals surface area contributed by atoms with Gasteiger partial charge in [0.2, 0.25) is 0 Å². The molecule has 0 saturated carbocycles. The van der Waals surface area contributed by atoms with Crippen LogP contribution in [0.5, 0.6) is 0 Å². The van der Waals surface area contributed by atoms with Crippen LogP contribution in [0.2, 0.25) is 0 Å². The van der Waals surface area contributed by atoms with E-state index in [-0.39, 0.29) is 6.61 Å². The molecule has 0 spiro atoms. The monoisotopic (exact) mass is 309 g/mol. The molecule has 22 heavy (non-hydrogen) atoms. The molecule has 0 fully saturated rings. The van der Waals surface area contributed by atoms with Crippen LogP contribution in [-0.2, 0) is 20.9 Å². The van der Waals surface area contributed by atoms with Gasteiger partial charge >= 0.3 is 12.1 Å². The second kappa shape index (κ2) is 7.79. The van der Waals surface area contributed by atoms with Crippen LogP contribution >= 0.6 is 0 Å². The first-order valence-corrected chi connectivity index (χ1v) is 7.07. The topological polar surface area (TPSA) is 84.9 Å². The first kappa shape index (κ1) is 18.0. The highest BCUT2D eigenvalue weighted by atomic mass is 16.6. The summed E-state index contributed by atoms with van der Waals surface area (Å²) in [5, 5.41) is 11.6. The number of benzene rings is 1. The maximum absolute atomic E-state index is 11.7. The van der Waals surface area contributed by atoms with Crippen LogP contribution in [0.4, 0.5) is 4.79 Å². The molecule has 122 valence electrons. The van der Waals surface area contributed by atoms with Gasteiger partial charge in [-0.15, -0.1) is 0 Å². The van der Waals surface area contributed by atoms with E-state index >= 15 is 0 Å². The number of nitrogens with one attached hydrogen (secondary N) is 1. The highest BCUT2D eigenvalue weighted by molar-refractivity contribution is 5.80. The maximum Gasteiger partial charge on any atom is 0.408 e. The van der Waals surface area contributed by atoms with Gasteiger partial charge in [-0.2, -0.15) is 0 Å². The van der Waals surface area contributed by atoms with Gasteiger partial charge in [0.15, 0.2) is 6.04 Å². The second-order valence-corrected chi connectivity index (χ2v) is 5.96. The van der Waals surface area contributed by atoms with Crippen LogP contribution in [0.25, 0.3) is 0 Å². The van der Waals surface area contributed by atoms with Crippen molar-refractivity contribution >= 4 is 12.1 Å². The van der Waals surface area contributed by atoms with E-state index in [9.17, 15) is 14.7 Å². The minimum Gasteiger partial charge on any atom is -0.480 e. The van der Waals surface area contributed by atoms with Crippen LogP contribution in [0.3, 0.4) is 0 Å². The normalized spacial score (nSPS) is 14.0. The van der Waals surface area contributed by atoms with Gasteiger partial charge in [0.25, 0.3) is 0 Å². The number of hydrogen-bond donors (Lipinski definition) is 2. The predicted molar refractivity (Wildman–Crippen MR) is 81.5 cm³/mol. The van der Waals surface area contributed by atoms with E-state index in [1.54, 1.807) is 27.7 Å². The average Bonchev–Trinajstić information content (AvgIpc) is 2.41. The molecule has 1 aromatic rings. The maximum atomic E-state index is 11.7. The Kier molecular flexibility index (Phi) is 6.37. The molecule has 0 unspecified atom stereocenters. The summed E-state index contributed by atoms with van der Waals surface area (Å²) in [6.07, 6.45) is -1.49. The summed E-state index contributed by atoms with van der Waals surface area (Å²) in [4.78, 5) is 23.0. The van der Waals surface area contributed by atoms with Crippen molar-refractivity contribution in [3.63, 3.8) is 0 Å². The molecular weight excluding hydrogens is 286 g/mol. The van der Waals surface area contributed by atoms with Crippen LogP contribution < -0.4 is 5.32 Å². The molecule has 1 rings (SSSR count). The number of alkyl carbamates (subject to hydrolysis) is 1. The lowest BCUT2D eigenvalue weighted by Crippen LogP contribution is -2.50. The van der Waals surface area contributed by atoms with Crippen molar-refractivity contribution in [2.45, 2.75) is 52.0 Å². The van der Waals surface area contributed by atoms with Crippen LogP contribution in [-0.4, -0.2) is 34.9 Å². The Morgan fingerprint density at radius 1 is 1.23 bits per heavy atom. The molecule has 0 saturated heterocycles. The zero-order valence-corrected chi connectivity index (χ0v) is 13.3. The lowest BCUT2D eigenvalue weighted by Gasteiger charge is -2.25. The third-order valence-electron chi connectivity index (χ3n) is 2.76. The van der Waals surface area contributed by atoms with Gasteiger partial charge in [-0.25, -0.2) is 9.59 Å². The van der Waals surface area contributed by atoms with Crippen molar-refractivity contribution in [2.24, 2.45) is 0 Å². The van der Waals surface area contributed by atoms with Crippen molar-refractivity contribution in [3.8, 4) is 0 Å². The number of carboxylic acids is 1. The van der Waals surface area contributed by atoms with Gasteiger partial charge in [-0.05, 0) is 33.3 Å². The number of carbonyl (C=O) groups is 2. The van der Waals surface area contributed by atoms with Crippen LogP contribution in [0, 0.1) is 0 Å². The number of rotatable bonds is 6. The fraction of sp³-hybridized carbons (Fsp3) is 0.500. The quantitative estimate of drug-likeness (QED) is 0.843. The number of amides is 1. The average molecular weight is 309 g/mol. The zero-order valence-electron chi connectivity index (χ0n) is 13.3. The minimum absolute atomic E-state index is 0.266. The Balaban J connectivity index is 2.58. The molecule has 2 N–H and O–H groups in total. The molecule has 0 aliphatic rings. The lowest BCUT2D eigenvalue weighted by molar-refractivity contribution is -0.143. The van der Waals surface area contributed by atoms with E-state index in [2.05, 4.69) is 5.32 Å². The molecular formula is C16H23NO5. The van der Waals surface area contributed by atoms with Crippen molar-refractivity contribution in [3.05, 3.63) is 35.9 Å². The predicted octanol–water partition coefficient (Wildman–Crippen LogP) is 2.57. The van der Waals surface area contributed by atoms with Gasteiger partial charge in [0.1, 0.15) is 5.60 Å². The molecule has 1 amide bonds. The van der Waals surface area contributed by atoms with Gasteiger partial charge in [0, 0.05) is 0 Å². The zero-order chi connectivity index (χ0) is 16.8. The molecule has 0 aliphatic carbocycles. The largest absolute Gasteiger partial charge is 0.480 e. The number of carbonyl (C=O) groups excluding carboxylic acids is 1. The minimum atomic E-state index is -1.18. The van der Waals surface area contributed by atoms with E-state index < -0.39 is 29.8 Å². The summed E-state index contributed by atoms with van der Waals surface area (Å²) in [5.74, 6) is -1.17. The standard InChI is InChI=1S/C16H23NO5/c1-11(21-10-12-8-6-5-7-9-12)13(14(18)19)17-15(20)22-16(2,3)4/h5-9,11,13H,10H2,1-4H3,(H,17,20)(H,18,19)/t11-,13-/m0/s1. The number of aliphatic carboxylic acids is 1. The van der Waals surface area contributed by atoms with E-state index in [1.807, 2.05) is 30.3 Å². The van der Waals surface area contributed by atoms with Gasteiger partial charge in [0.05, 0.1) is 12.7 Å². The summed E-state index contributed by atoms with van der Waals surface area (Å²) in [6, 6.07) is 8.21. The number of ether oxygens (including phenoxy) is 2. The summed E-state index contributed by atoms with van der Waals surface area (Å²) in [6.45, 7) is 6.98. The molecule has 0 aliphatic heterocycles. The Hall–Kier alpha value is -2.08. The van der Waals surface area contributed by atoms with Gasteiger partial charge in [-0.1, -0.05) is 30.3 Å². The Bertz CT molecular complexity index is 495. The summed E-state index contributed by atoms with van der Waals surface area (Å²) in [7, 11) is 0. The van der Waals surface area contributed by atoms with E-state index in [0.29, 0.717) is 0 Å². The van der Waals surface area contributed by atoms with E-state index in [1.165, 1.54) is 0 Å². The highest BCUT2D eigenvalue weighted by Crippen LogP contribution is 2.09. The molecule has 0 aromatic heterocycles. The molecule has 0 radical (unpaired) electrons. The summed E-state index contributed by atoms with van der Waals surface area (Å²) < 4.78 is 10.6. The third kappa shape index (κ3) is 6.58. The van der Waals surface area contributed by atoms with E-state index in [4.69, 9.17) is 9.47 Å². The fourth-order valence-electron chi connectivity index (χ4n) is 1.71. The van der Waals surface area contributed by atoms with Crippen LogP contribution in [0.15, 0.2) is 30.3 Å². The van der Waals surface area contributed by atoms with Crippen molar-refractivity contribution < 1.29 is 24.2 Å². The second-order valence-electron chi connectivity index (χ2n) is 5.96. The molecule has 6 heteroatoms. The first-order valence-electron chi connectivity index (χ1n) is 7.07. The van der Waals surface area contributed by atoms with Gasteiger partial charge < -0.3 is 19.9 Å². The van der Waals surface area contributed by atoms with Crippen LogP contribution in [0.1, 0.15) is 33.3 Å². The molecule has 2 atom stereocenters. The Labute approximate surface area is 130 Å².